The van der Waals surface area contributed by atoms with Gasteiger partial charge in [-0.15, -0.1) is 0 Å². The lowest BCUT2D eigenvalue weighted by molar-refractivity contribution is 0.372. The van der Waals surface area contributed by atoms with Crippen LogP contribution in [0.15, 0.2) is 41.7 Å². The number of guanidine groups is 1. The van der Waals surface area contributed by atoms with Gasteiger partial charge >= 0.3 is 0 Å². The fraction of sp³-hybridized carbons (Fsp3) is 0.500. The van der Waals surface area contributed by atoms with E-state index in [-0.39, 0.29) is 0 Å². The molecule has 0 unspecified atom stereocenters. The van der Waals surface area contributed by atoms with Crippen LogP contribution < -0.4 is 10.2 Å². The highest BCUT2D eigenvalue weighted by atomic mass is 15.4. The van der Waals surface area contributed by atoms with E-state index < -0.39 is 0 Å². The first-order valence-electron chi connectivity index (χ1n) is 9.51. The van der Waals surface area contributed by atoms with Crippen molar-refractivity contribution in [2.45, 2.75) is 27.3 Å². The van der Waals surface area contributed by atoms with Crippen molar-refractivity contribution < 1.29 is 0 Å². The van der Waals surface area contributed by atoms with Crippen LogP contribution in [0, 0.1) is 13.8 Å². The normalized spacial score (nSPS) is 15.4. The molecule has 0 aliphatic carbocycles. The molecule has 1 aliphatic rings. The molecule has 1 N–H and O–H groups in total. The molecule has 1 aromatic heterocycles. The second kappa shape index (κ2) is 8.74. The van der Waals surface area contributed by atoms with Crippen LogP contribution in [0.5, 0.6) is 0 Å². The fourth-order valence-corrected chi connectivity index (χ4v) is 3.35. The molecule has 140 valence electrons. The zero-order valence-electron chi connectivity index (χ0n) is 16.1. The van der Waals surface area contributed by atoms with Gasteiger partial charge in [-0.2, -0.15) is 5.10 Å². The molecule has 2 aromatic rings. The van der Waals surface area contributed by atoms with Gasteiger partial charge in [0.2, 0.25) is 0 Å². The lowest BCUT2D eigenvalue weighted by Crippen LogP contribution is -2.52. The van der Waals surface area contributed by atoms with E-state index in [9.17, 15) is 0 Å². The van der Waals surface area contributed by atoms with E-state index in [0.717, 1.165) is 51.8 Å². The van der Waals surface area contributed by atoms with Crippen LogP contribution >= 0.6 is 0 Å². The number of aryl methyl sites for hydroxylation is 1. The van der Waals surface area contributed by atoms with Crippen LogP contribution in [0.3, 0.4) is 0 Å². The summed E-state index contributed by atoms with van der Waals surface area (Å²) in [6.45, 7) is 13.0. The minimum atomic E-state index is 0.737. The number of aliphatic imine (C=N–C) groups is 1. The number of nitrogens with one attached hydrogen (secondary N) is 1. The Labute approximate surface area is 156 Å². The topological polar surface area (TPSA) is 48.7 Å². The molecule has 0 saturated carbocycles. The van der Waals surface area contributed by atoms with Crippen molar-refractivity contribution in [1.29, 1.82) is 0 Å². The maximum atomic E-state index is 4.79. The fourth-order valence-electron chi connectivity index (χ4n) is 3.35. The number of benzene rings is 1. The minimum Gasteiger partial charge on any atom is -0.368 e. The van der Waals surface area contributed by atoms with Crippen LogP contribution in [0.2, 0.25) is 0 Å². The molecule has 0 amide bonds. The predicted octanol–water partition coefficient (Wildman–Crippen LogP) is 2.29. The summed E-state index contributed by atoms with van der Waals surface area (Å²) in [5, 5.41) is 7.67. The highest BCUT2D eigenvalue weighted by Gasteiger charge is 2.20. The van der Waals surface area contributed by atoms with Crippen molar-refractivity contribution in [3.8, 4) is 0 Å². The lowest BCUT2D eigenvalue weighted by atomic mass is 10.1. The summed E-state index contributed by atoms with van der Waals surface area (Å²) in [6, 6.07) is 8.53. The average molecular weight is 355 g/mol. The maximum absolute atomic E-state index is 4.79. The van der Waals surface area contributed by atoms with Crippen molar-refractivity contribution in [1.82, 2.24) is 20.0 Å². The SMILES string of the molecule is CCNC(=NCCn1cccn1)N1CCN(c2cccc(C)c2C)CC1. The van der Waals surface area contributed by atoms with E-state index >= 15 is 0 Å². The summed E-state index contributed by atoms with van der Waals surface area (Å²) in [6.07, 6.45) is 3.78. The van der Waals surface area contributed by atoms with Crippen LogP contribution in [-0.2, 0) is 6.54 Å². The molecular formula is C20H30N6. The van der Waals surface area contributed by atoms with Gasteiger partial charge in [-0.05, 0) is 44.0 Å². The van der Waals surface area contributed by atoms with Gasteiger partial charge in [0.05, 0.1) is 13.1 Å². The molecule has 0 bridgehead atoms. The van der Waals surface area contributed by atoms with Crippen molar-refractivity contribution in [2.24, 2.45) is 4.99 Å². The van der Waals surface area contributed by atoms with E-state index in [1.54, 1.807) is 6.20 Å². The maximum Gasteiger partial charge on any atom is 0.194 e. The number of anilines is 1. The van der Waals surface area contributed by atoms with Gasteiger partial charge in [0, 0.05) is 50.8 Å². The van der Waals surface area contributed by atoms with Crippen molar-refractivity contribution in [3.05, 3.63) is 47.8 Å². The van der Waals surface area contributed by atoms with E-state index in [4.69, 9.17) is 4.99 Å². The van der Waals surface area contributed by atoms with E-state index in [0.29, 0.717) is 0 Å². The van der Waals surface area contributed by atoms with E-state index in [1.165, 1.54) is 16.8 Å². The molecule has 6 heteroatoms. The molecule has 0 radical (unpaired) electrons. The number of hydrogen-bond donors (Lipinski definition) is 1. The van der Waals surface area contributed by atoms with Crippen molar-refractivity contribution in [2.75, 3.05) is 44.2 Å². The largest absolute Gasteiger partial charge is 0.368 e. The van der Waals surface area contributed by atoms with Gasteiger partial charge in [-0.1, -0.05) is 12.1 Å². The molecule has 0 spiro atoms. The van der Waals surface area contributed by atoms with Crippen LogP contribution in [0.4, 0.5) is 5.69 Å². The minimum absolute atomic E-state index is 0.737. The predicted molar refractivity (Wildman–Crippen MR) is 108 cm³/mol. The first-order chi connectivity index (χ1) is 12.7. The van der Waals surface area contributed by atoms with E-state index in [1.807, 2.05) is 16.9 Å². The van der Waals surface area contributed by atoms with Crippen LogP contribution in [0.25, 0.3) is 0 Å². The van der Waals surface area contributed by atoms with Crippen LogP contribution in [-0.4, -0.2) is 59.9 Å². The zero-order valence-corrected chi connectivity index (χ0v) is 16.1. The third kappa shape index (κ3) is 4.36. The second-order valence-electron chi connectivity index (χ2n) is 6.70. The summed E-state index contributed by atoms with van der Waals surface area (Å²) in [5.74, 6) is 1.01. The third-order valence-corrected chi connectivity index (χ3v) is 4.98. The smallest absolute Gasteiger partial charge is 0.194 e. The van der Waals surface area contributed by atoms with Gasteiger partial charge in [-0.25, -0.2) is 0 Å². The Morgan fingerprint density at radius 2 is 1.96 bits per heavy atom. The summed E-state index contributed by atoms with van der Waals surface area (Å²) in [4.78, 5) is 9.66. The van der Waals surface area contributed by atoms with Gasteiger partial charge < -0.3 is 15.1 Å². The highest BCUT2D eigenvalue weighted by Crippen LogP contribution is 2.23. The molecule has 1 aromatic carbocycles. The Morgan fingerprint density at radius 1 is 1.15 bits per heavy atom. The quantitative estimate of drug-likeness (QED) is 0.661. The highest BCUT2D eigenvalue weighted by molar-refractivity contribution is 5.80. The number of piperazine rings is 1. The second-order valence-corrected chi connectivity index (χ2v) is 6.70. The molecule has 0 atom stereocenters. The molecule has 1 aliphatic heterocycles. The van der Waals surface area contributed by atoms with Gasteiger partial charge in [0.25, 0.3) is 0 Å². The third-order valence-electron chi connectivity index (χ3n) is 4.98. The lowest BCUT2D eigenvalue weighted by Gasteiger charge is -2.38. The number of rotatable bonds is 5. The molecule has 2 heterocycles. The van der Waals surface area contributed by atoms with Gasteiger partial charge in [0.15, 0.2) is 5.96 Å². The Morgan fingerprint density at radius 3 is 2.65 bits per heavy atom. The molecular weight excluding hydrogens is 324 g/mol. The van der Waals surface area contributed by atoms with E-state index in [2.05, 4.69) is 59.2 Å². The first-order valence-corrected chi connectivity index (χ1v) is 9.51. The van der Waals surface area contributed by atoms with Gasteiger partial charge in [0.1, 0.15) is 0 Å². The molecule has 26 heavy (non-hydrogen) atoms. The number of hydrogen-bond acceptors (Lipinski definition) is 3. The summed E-state index contributed by atoms with van der Waals surface area (Å²) >= 11 is 0. The Hall–Kier alpha value is -2.50. The number of aromatic nitrogens is 2. The molecule has 3 rings (SSSR count). The van der Waals surface area contributed by atoms with Gasteiger partial charge in [-0.3, -0.25) is 9.67 Å². The molecule has 6 nitrogen and oxygen atoms in total. The Balaban J connectivity index is 1.59. The summed E-state index contributed by atoms with van der Waals surface area (Å²) in [7, 11) is 0. The Kier molecular flexibility index (Phi) is 6.15. The standard InChI is InChI=1S/C20H30N6/c1-4-21-20(22-10-12-26-11-6-9-23-26)25-15-13-24(14-16-25)19-8-5-7-17(2)18(19)3/h5-9,11H,4,10,12-16H2,1-3H3,(H,21,22). The first kappa shape index (κ1) is 18.3. The molecule has 1 fully saturated rings. The summed E-state index contributed by atoms with van der Waals surface area (Å²) < 4.78 is 1.92. The zero-order chi connectivity index (χ0) is 18.4. The molecule has 1 saturated heterocycles. The average Bonchev–Trinajstić information content (AvgIpc) is 3.17. The van der Waals surface area contributed by atoms with Crippen molar-refractivity contribution in [3.63, 3.8) is 0 Å². The number of nitrogens with zero attached hydrogens (tertiary/aromatic N) is 5. The monoisotopic (exact) mass is 354 g/mol. The van der Waals surface area contributed by atoms with Crippen LogP contribution in [0.1, 0.15) is 18.1 Å². The summed E-state index contributed by atoms with van der Waals surface area (Å²) in [5.41, 5.74) is 4.12. The van der Waals surface area contributed by atoms with Crippen molar-refractivity contribution >= 4 is 11.6 Å². The Bertz CT molecular complexity index is 714.